The molecule has 0 saturated carbocycles. The van der Waals surface area contributed by atoms with Crippen LogP contribution in [0.4, 0.5) is 5.69 Å². The molecule has 10 rings (SSSR count). The standard InChI is InChI=1S/C46H28N6/c1-47-31-27-28-43-37(29-31)34-19-7-12-24-40(34)52(43)42-26-14-9-21-36(42)46-49-44(30-15-3-2-4-16-30)48-45(50-46)35-20-8-13-25-41(35)51-38-22-10-5-17-32(38)33-18-6-11-23-39(33)51/h2-29H/i2D,3D,4D,5D,6D,7D,10D,11D,12D,15D,16D,17D,18D,19D,22D,23D,24D,27D,28D,29D. The molecule has 3 heterocycles. The van der Waals surface area contributed by atoms with E-state index >= 15 is 0 Å². The monoisotopic (exact) mass is 684 g/mol. The van der Waals surface area contributed by atoms with Gasteiger partial charge in [-0.15, -0.1) is 0 Å². The van der Waals surface area contributed by atoms with Crippen molar-refractivity contribution in [2.45, 2.75) is 0 Å². The van der Waals surface area contributed by atoms with Gasteiger partial charge >= 0.3 is 0 Å². The summed E-state index contributed by atoms with van der Waals surface area (Å²) < 4.78 is 179. The third kappa shape index (κ3) is 4.61. The first-order valence-electron chi connectivity index (χ1n) is 25.5. The summed E-state index contributed by atoms with van der Waals surface area (Å²) in [5, 5.41) is -0.917. The van der Waals surface area contributed by atoms with Crippen molar-refractivity contribution in [1.29, 1.82) is 0 Å². The van der Waals surface area contributed by atoms with Crippen LogP contribution in [0.3, 0.4) is 0 Å². The van der Waals surface area contributed by atoms with Gasteiger partial charge in [-0.25, -0.2) is 19.8 Å². The van der Waals surface area contributed by atoms with Crippen molar-refractivity contribution >= 4 is 49.3 Å². The molecule has 0 bridgehead atoms. The molecule has 242 valence electrons. The quantitative estimate of drug-likeness (QED) is 0.170. The van der Waals surface area contributed by atoms with Crippen LogP contribution in [-0.2, 0) is 0 Å². The number of nitrogens with zero attached hydrogens (tertiary/aromatic N) is 6. The highest BCUT2D eigenvalue weighted by molar-refractivity contribution is 6.11. The van der Waals surface area contributed by atoms with Gasteiger partial charge in [0, 0.05) is 35.6 Å². The SMILES string of the molecule is [2H]c1c([2H])c([2H])c(-c2nc(-c3ccccc3-n3c4c([2H])c([2H])c([2H])c([2H])c4c4c([2H])c([2H])c([2H])c([2H])c43)nc(-c3ccccc3-n3c4c([2H])c([2H])c([2H])c([2H])c4c4c([2H])c([N+]#[C-])c([2H])c([2H])c43)n2)c([2H])c1[2H]. The van der Waals surface area contributed by atoms with Crippen LogP contribution in [0.2, 0.25) is 0 Å². The zero-order valence-corrected chi connectivity index (χ0v) is 26.3. The number of aromatic nitrogens is 5. The molecule has 10 aromatic rings. The maximum atomic E-state index is 9.20. The molecule has 0 aliphatic rings. The average molecular weight is 685 g/mol. The van der Waals surface area contributed by atoms with Gasteiger partial charge in [-0.3, -0.25) is 0 Å². The van der Waals surface area contributed by atoms with Gasteiger partial charge in [-0.1, -0.05) is 115 Å². The lowest BCUT2D eigenvalue weighted by Crippen LogP contribution is -2.05. The highest BCUT2D eigenvalue weighted by Crippen LogP contribution is 2.39. The number of rotatable bonds is 5. The lowest BCUT2D eigenvalue weighted by molar-refractivity contribution is 1.06. The third-order valence-corrected chi connectivity index (χ3v) is 8.42. The molecule has 0 atom stereocenters. The van der Waals surface area contributed by atoms with Gasteiger partial charge < -0.3 is 9.13 Å². The largest absolute Gasteiger partial charge is 0.309 e. The molecule has 0 spiro atoms. The first-order valence-corrected chi connectivity index (χ1v) is 15.5. The molecular formula is C46H28N6. The van der Waals surface area contributed by atoms with Crippen LogP contribution in [-0.4, -0.2) is 24.1 Å². The molecule has 0 N–H and O–H groups in total. The van der Waals surface area contributed by atoms with Crippen molar-refractivity contribution in [2.24, 2.45) is 0 Å². The number of benzene rings is 7. The third-order valence-electron chi connectivity index (χ3n) is 8.42. The Morgan fingerprint density at radius 3 is 1.44 bits per heavy atom. The van der Waals surface area contributed by atoms with Gasteiger partial charge in [0.15, 0.2) is 23.2 Å². The van der Waals surface area contributed by atoms with E-state index in [4.69, 9.17) is 37.6 Å². The van der Waals surface area contributed by atoms with E-state index in [1.54, 1.807) is 0 Å². The van der Waals surface area contributed by atoms with E-state index in [0.717, 1.165) is 0 Å². The van der Waals surface area contributed by atoms with Crippen LogP contribution in [0.25, 0.3) is 94.0 Å². The maximum Gasteiger partial charge on any atom is 0.188 e. The molecule has 3 aromatic heterocycles. The second-order valence-corrected chi connectivity index (χ2v) is 11.2. The molecule has 0 amide bonds. The second kappa shape index (κ2) is 11.9. The van der Waals surface area contributed by atoms with Crippen LogP contribution >= 0.6 is 0 Å². The summed E-state index contributed by atoms with van der Waals surface area (Å²) in [6.45, 7) is 7.75. The first kappa shape index (κ1) is 15.7. The smallest absolute Gasteiger partial charge is 0.188 e. The van der Waals surface area contributed by atoms with Gasteiger partial charge in [0.2, 0.25) is 0 Å². The van der Waals surface area contributed by atoms with Crippen molar-refractivity contribution in [3.63, 3.8) is 0 Å². The fourth-order valence-corrected chi connectivity index (χ4v) is 6.27. The van der Waals surface area contributed by atoms with Crippen molar-refractivity contribution in [1.82, 2.24) is 24.1 Å². The summed E-state index contributed by atoms with van der Waals surface area (Å²) in [7, 11) is 0. The van der Waals surface area contributed by atoms with Crippen molar-refractivity contribution in [3.8, 4) is 45.5 Å². The minimum Gasteiger partial charge on any atom is -0.309 e. The Kier molecular flexibility index (Phi) is 3.59. The Labute approximate surface area is 327 Å². The van der Waals surface area contributed by atoms with Crippen molar-refractivity contribution < 1.29 is 27.4 Å². The summed E-state index contributed by atoms with van der Waals surface area (Å²) >= 11 is 0. The summed E-state index contributed by atoms with van der Waals surface area (Å²) in [5.74, 6) is -1.15. The lowest BCUT2D eigenvalue weighted by Gasteiger charge is -2.16. The van der Waals surface area contributed by atoms with Crippen LogP contribution in [0.5, 0.6) is 0 Å². The van der Waals surface area contributed by atoms with Crippen molar-refractivity contribution in [2.75, 3.05) is 0 Å². The molecule has 0 saturated heterocycles. The average Bonchev–Trinajstić information content (AvgIpc) is 3.93. The van der Waals surface area contributed by atoms with E-state index in [0.29, 0.717) is 0 Å². The molecule has 0 unspecified atom stereocenters. The fourth-order valence-electron chi connectivity index (χ4n) is 6.27. The minimum atomic E-state index is -0.748. The maximum absolute atomic E-state index is 9.20. The van der Waals surface area contributed by atoms with Crippen LogP contribution in [0.1, 0.15) is 27.4 Å². The highest BCUT2D eigenvalue weighted by Gasteiger charge is 2.21. The van der Waals surface area contributed by atoms with E-state index < -0.39 is 138 Å². The lowest BCUT2D eigenvalue weighted by atomic mass is 10.1. The molecule has 0 aliphatic heterocycles. The molecule has 52 heavy (non-hydrogen) atoms. The van der Waals surface area contributed by atoms with E-state index in [-0.39, 0.29) is 77.8 Å². The number of para-hydroxylation sites is 5. The molecular weight excluding hydrogens is 637 g/mol. The number of fused-ring (bicyclic) bond motifs is 6. The molecule has 0 aliphatic carbocycles. The van der Waals surface area contributed by atoms with E-state index in [2.05, 4.69) is 14.8 Å². The molecule has 0 fully saturated rings. The van der Waals surface area contributed by atoms with E-state index in [1.807, 2.05) is 0 Å². The highest BCUT2D eigenvalue weighted by atomic mass is 15.1. The summed E-state index contributed by atoms with van der Waals surface area (Å²) in [6, 6.07) is -1.20. The molecule has 6 nitrogen and oxygen atoms in total. The van der Waals surface area contributed by atoms with Gasteiger partial charge in [0.25, 0.3) is 0 Å². The van der Waals surface area contributed by atoms with Crippen LogP contribution in [0.15, 0.2) is 169 Å². The Morgan fingerprint density at radius 1 is 0.462 bits per heavy atom. The molecule has 7 aromatic carbocycles. The van der Waals surface area contributed by atoms with Gasteiger partial charge in [0.1, 0.15) is 0 Å². The normalized spacial score (nSPS) is 16.8. The summed E-state index contributed by atoms with van der Waals surface area (Å²) in [4.78, 5) is 17.5. The van der Waals surface area contributed by atoms with Gasteiger partial charge in [0.05, 0.1) is 64.7 Å². The predicted molar refractivity (Wildman–Crippen MR) is 211 cm³/mol. The van der Waals surface area contributed by atoms with Gasteiger partial charge in [-0.2, -0.15) is 0 Å². The predicted octanol–water partition coefficient (Wildman–Crippen LogP) is 11.6. The Balaban J connectivity index is 1.38. The van der Waals surface area contributed by atoms with Crippen LogP contribution < -0.4 is 0 Å². The van der Waals surface area contributed by atoms with E-state index in [9.17, 15) is 1.37 Å². The van der Waals surface area contributed by atoms with Crippen LogP contribution in [0, 0.1) is 6.57 Å². The zero-order valence-electron chi connectivity index (χ0n) is 46.3. The minimum absolute atomic E-state index is 0.00494. The first-order chi connectivity index (χ1) is 34.1. The summed E-state index contributed by atoms with van der Waals surface area (Å²) in [5.41, 5.74) is -2.06. The van der Waals surface area contributed by atoms with Gasteiger partial charge in [-0.05, 0) is 59.9 Å². The van der Waals surface area contributed by atoms with Crippen molar-refractivity contribution in [3.05, 3.63) is 181 Å². The zero-order chi connectivity index (χ0) is 52.0. The second-order valence-electron chi connectivity index (χ2n) is 11.2. The topological polar surface area (TPSA) is 52.9 Å². The Morgan fingerprint density at radius 2 is 0.904 bits per heavy atom. The molecule has 6 heteroatoms. The van der Waals surface area contributed by atoms with E-state index in [1.165, 1.54) is 57.7 Å². The number of hydrogen-bond acceptors (Lipinski definition) is 3. The Bertz CT molecular complexity index is 4090. The molecule has 0 radical (unpaired) electrons. The Hall–Kier alpha value is -7.36. The number of hydrogen-bond donors (Lipinski definition) is 0. The fraction of sp³-hybridized carbons (Fsp3) is 0. The summed E-state index contributed by atoms with van der Waals surface area (Å²) in [6.07, 6.45) is 0.